The zero-order valence-electron chi connectivity index (χ0n) is 11.7. The van der Waals surface area contributed by atoms with Gasteiger partial charge in [0, 0.05) is 13.7 Å². The molecule has 0 bridgehead atoms. The molecule has 0 atom stereocenters. The average Bonchev–Trinajstić information content (AvgIpc) is 2.80. The van der Waals surface area contributed by atoms with Crippen LogP contribution < -0.4 is 5.32 Å². The second-order valence-corrected chi connectivity index (χ2v) is 5.82. The Hall–Kier alpha value is -1.10. The maximum Gasteiger partial charge on any atom is 0.321 e. The third-order valence-corrected chi connectivity index (χ3v) is 3.96. The van der Waals surface area contributed by atoms with Crippen LogP contribution in [0.25, 0.3) is 0 Å². The number of ether oxygens (including phenoxy) is 1. The number of nitrogens with one attached hydrogen (secondary N) is 1. The monoisotopic (exact) mass is 253 g/mol. The van der Waals surface area contributed by atoms with Gasteiger partial charge in [-0.05, 0) is 38.0 Å². The zero-order chi connectivity index (χ0) is 13.2. The molecule has 18 heavy (non-hydrogen) atoms. The van der Waals surface area contributed by atoms with Crippen LogP contribution in [0.2, 0.25) is 0 Å². The van der Waals surface area contributed by atoms with Crippen molar-refractivity contribution >= 4 is 6.01 Å². The van der Waals surface area contributed by atoms with E-state index in [0.29, 0.717) is 17.3 Å². The van der Waals surface area contributed by atoms with Crippen molar-refractivity contribution in [3.05, 3.63) is 5.82 Å². The molecule has 1 fully saturated rings. The number of hydrogen-bond acceptors (Lipinski definition) is 5. The van der Waals surface area contributed by atoms with Crippen LogP contribution in [0, 0.1) is 5.41 Å². The lowest BCUT2D eigenvalue weighted by Crippen LogP contribution is -2.37. The fourth-order valence-corrected chi connectivity index (χ4v) is 2.48. The van der Waals surface area contributed by atoms with Crippen LogP contribution in [-0.4, -0.2) is 23.8 Å². The van der Waals surface area contributed by atoms with Gasteiger partial charge in [-0.15, -0.1) is 0 Å². The molecule has 0 aliphatic heterocycles. The molecule has 1 saturated carbocycles. The van der Waals surface area contributed by atoms with Crippen LogP contribution in [0.15, 0.2) is 4.52 Å². The number of nitrogens with zero attached hydrogens (tertiary/aromatic N) is 2. The number of hydrogen-bond donors (Lipinski definition) is 1. The first-order chi connectivity index (χ1) is 8.51. The molecule has 1 aliphatic rings. The summed E-state index contributed by atoms with van der Waals surface area (Å²) >= 11 is 0. The highest BCUT2D eigenvalue weighted by Gasteiger charge is 2.43. The van der Waals surface area contributed by atoms with Crippen molar-refractivity contribution in [1.82, 2.24) is 10.1 Å². The summed E-state index contributed by atoms with van der Waals surface area (Å²) in [7, 11) is 1.74. The van der Waals surface area contributed by atoms with Gasteiger partial charge in [-0.3, -0.25) is 0 Å². The van der Waals surface area contributed by atoms with Crippen molar-refractivity contribution in [2.24, 2.45) is 5.41 Å². The third-order valence-electron chi connectivity index (χ3n) is 3.96. The predicted octanol–water partition coefficient (Wildman–Crippen LogP) is 2.94. The second kappa shape index (κ2) is 4.88. The fourth-order valence-electron chi connectivity index (χ4n) is 2.48. The average molecular weight is 253 g/mol. The lowest BCUT2D eigenvalue weighted by molar-refractivity contribution is -0.0740. The van der Waals surface area contributed by atoms with E-state index >= 15 is 0 Å². The van der Waals surface area contributed by atoms with Gasteiger partial charge in [0.1, 0.15) is 5.60 Å². The van der Waals surface area contributed by atoms with Crippen molar-refractivity contribution in [3.8, 4) is 0 Å². The van der Waals surface area contributed by atoms with Crippen LogP contribution in [-0.2, 0) is 10.3 Å². The molecular formula is C13H23N3O2. The Kier molecular flexibility index (Phi) is 3.61. The molecule has 102 valence electrons. The second-order valence-electron chi connectivity index (χ2n) is 5.82. The van der Waals surface area contributed by atoms with Crippen molar-refractivity contribution in [2.75, 3.05) is 19.0 Å². The van der Waals surface area contributed by atoms with E-state index in [-0.39, 0.29) is 5.60 Å². The Balaban J connectivity index is 2.17. The zero-order valence-corrected chi connectivity index (χ0v) is 11.7. The molecule has 0 amide bonds. The van der Waals surface area contributed by atoms with Gasteiger partial charge in [-0.1, -0.05) is 19.0 Å². The molecule has 0 radical (unpaired) electrons. The number of rotatable bonds is 4. The normalized spacial score (nSPS) is 21.8. The van der Waals surface area contributed by atoms with Crippen LogP contribution in [0.3, 0.4) is 0 Å². The van der Waals surface area contributed by atoms with Crippen LogP contribution in [0.4, 0.5) is 6.01 Å². The summed E-state index contributed by atoms with van der Waals surface area (Å²) in [5, 5.41) is 7.10. The van der Waals surface area contributed by atoms with Crippen LogP contribution in [0.1, 0.15) is 52.3 Å². The van der Waals surface area contributed by atoms with Gasteiger partial charge in [-0.2, -0.15) is 4.98 Å². The Labute approximate surface area is 108 Å². The van der Waals surface area contributed by atoms with Gasteiger partial charge in [0.25, 0.3) is 0 Å². The molecule has 0 unspecified atom stereocenters. The minimum Gasteiger partial charge on any atom is -0.370 e. The van der Waals surface area contributed by atoms with Crippen molar-refractivity contribution < 1.29 is 9.26 Å². The number of anilines is 1. The van der Waals surface area contributed by atoms with E-state index in [2.05, 4.69) is 29.3 Å². The van der Waals surface area contributed by atoms with Gasteiger partial charge < -0.3 is 14.6 Å². The highest BCUT2D eigenvalue weighted by molar-refractivity contribution is 5.20. The van der Waals surface area contributed by atoms with Crippen molar-refractivity contribution in [2.45, 2.75) is 52.1 Å². The molecule has 0 aromatic carbocycles. The summed E-state index contributed by atoms with van der Waals surface area (Å²) < 4.78 is 10.9. The molecule has 1 aromatic heterocycles. The van der Waals surface area contributed by atoms with E-state index in [1.807, 2.05) is 6.92 Å². The molecule has 2 rings (SSSR count). The van der Waals surface area contributed by atoms with Gasteiger partial charge in [0.05, 0.1) is 0 Å². The number of methoxy groups -OCH3 is 1. The van der Waals surface area contributed by atoms with Crippen molar-refractivity contribution in [3.63, 3.8) is 0 Å². The molecule has 1 aromatic rings. The van der Waals surface area contributed by atoms with Crippen molar-refractivity contribution in [1.29, 1.82) is 0 Å². The Morgan fingerprint density at radius 1 is 1.28 bits per heavy atom. The van der Waals surface area contributed by atoms with Gasteiger partial charge in [-0.25, -0.2) is 0 Å². The standard InChI is InChI=1S/C13H23N3O2/c1-5-14-11-15-10(16-18-11)13(17-4)8-6-12(2,3)7-9-13/h5-9H2,1-4H3,(H,14,15,16). The quantitative estimate of drug-likeness (QED) is 0.894. The minimum absolute atomic E-state index is 0.368. The van der Waals surface area contributed by atoms with E-state index in [1.54, 1.807) is 7.11 Å². The summed E-state index contributed by atoms with van der Waals surface area (Å²) in [6.45, 7) is 7.37. The topological polar surface area (TPSA) is 60.2 Å². The summed E-state index contributed by atoms with van der Waals surface area (Å²) in [6, 6.07) is 0.480. The van der Waals surface area contributed by atoms with E-state index in [4.69, 9.17) is 9.26 Å². The lowest BCUT2D eigenvalue weighted by atomic mass is 9.70. The largest absolute Gasteiger partial charge is 0.370 e. The number of aromatic nitrogens is 2. The molecule has 1 aliphatic carbocycles. The summed E-state index contributed by atoms with van der Waals surface area (Å²) in [5.41, 5.74) is 0.0168. The third kappa shape index (κ3) is 2.51. The predicted molar refractivity (Wildman–Crippen MR) is 69.4 cm³/mol. The van der Waals surface area contributed by atoms with Gasteiger partial charge in [0.15, 0.2) is 0 Å². The summed E-state index contributed by atoms with van der Waals surface area (Å²) in [5.74, 6) is 0.677. The smallest absolute Gasteiger partial charge is 0.321 e. The Morgan fingerprint density at radius 3 is 2.50 bits per heavy atom. The maximum atomic E-state index is 5.74. The van der Waals surface area contributed by atoms with Crippen LogP contribution >= 0.6 is 0 Å². The summed E-state index contributed by atoms with van der Waals surface area (Å²) in [6.07, 6.45) is 4.13. The van der Waals surface area contributed by atoms with E-state index in [0.717, 1.165) is 32.2 Å². The van der Waals surface area contributed by atoms with Gasteiger partial charge in [0.2, 0.25) is 5.82 Å². The molecule has 0 saturated heterocycles. The Bertz CT molecular complexity index is 391. The lowest BCUT2D eigenvalue weighted by Gasteiger charge is -2.40. The first-order valence-electron chi connectivity index (χ1n) is 6.64. The molecule has 5 nitrogen and oxygen atoms in total. The molecule has 1 N–H and O–H groups in total. The Morgan fingerprint density at radius 2 is 1.94 bits per heavy atom. The molecule has 0 spiro atoms. The fraction of sp³-hybridized carbons (Fsp3) is 0.846. The summed E-state index contributed by atoms with van der Waals surface area (Å²) in [4.78, 5) is 4.40. The molecule has 1 heterocycles. The van der Waals surface area contributed by atoms with Crippen LogP contribution in [0.5, 0.6) is 0 Å². The highest BCUT2D eigenvalue weighted by atomic mass is 16.5. The van der Waals surface area contributed by atoms with Gasteiger partial charge >= 0.3 is 6.01 Å². The highest BCUT2D eigenvalue weighted by Crippen LogP contribution is 2.46. The first-order valence-corrected chi connectivity index (χ1v) is 6.64. The van der Waals surface area contributed by atoms with E-state index in [1.165, 1.54) is 0 Å². The first kappa shape index (κ1) is 13.3. The molecule has 5 heteroatoms. The van der Waals surface area contributed by atoms with E-state index < -0.39 is 0 Å². The maximum absolute atomic E-state index is 5.74. The SMILES string of the molecule is CCNc1nc(C2(OC)CCC(C)(C)CC2)no1. The minimum atomic E-state index is -0.368. The molecular weight excluding hydrogens is 230 g/mol. The van der Waals surface area contributed by atoms with E-state index in [9.17, 15) is 0 Å².